The van der Waals surface area contributed by atoms with Crippen LogP contribution in [0.1, 0.15) is 34.8 Å². The monoisotopic (exact) mass is 559 g/mol. The van der Waals surface area contributed by atoms with E-state index < -0.39 is 11.9 Å². The Morgan fingerprint density at radius 1 is 0.784 bits per heavy atom. The summed E-state index contributed by atoms with van der Waals surface area (Å²) >= 11 is 3.54. The van der Waals surface area contributed by atoms with Crippen molar-refractivity contribution in [2.45, 2.75) is 26.6 Å². The van der Waals surface area contributed by atoms with Crippen LogP contribution in [0.4, 0.5) is 0 Å². The average molecular weight is 560 g/mol. The molecule has 0 saturated heterocycles. The van der Waals surface area contributed by atoms with Crippen LogP contribution in [0.25, 0.3) is 11.1 Å². The molecule has 0 aromatic heterocycles. The number of nitrogens with one attached hydrogen (secondary N) is 1. The Morgan fingerprint density at radius 3 is 2.24 bits per heavy atom. The van der Waals surface area contributed by atoms with Crippen molar-refractivity contribution < 1.29 is 23.9 Å². The summed E-state index contributed by atoms with van der Waals surface area (Å²) in [6.07, 6.45) is 0.146. The Hall–Kier alpha value is -4.10. The van der Waals surface area contributed by atoms with E-state index in [1.165, 1.54) is 0 Å². The maximum atomic E-state index is 13.0. The molecule has 0 atom stereocenters. The molecule has 6 nitrogen and oxygen atoms in total. The number of amides is 1. The van der Waals surface area contributed by atoms with E-state index in [0.717, 1.165) is 21.2 Å². The van der Waals surface area contributed by atoms with Gasteiger partial charge in [0.25, 0.3) is 5.91 Å². The van der Waals surface area contributed by atoms with E-state index in [1.807, 2.05) is 78.9 Å². The molecular formula is C30H26BrNO5. The summed E-state index contributed by atoms with van der Waals surface area (Å²) in [6.45, 7) is 2.39. The summed E-state index contributed by atoms with van der Waals surface area (Å²) in [7, 11) is 0. The van der Waals surface area contributed by atoms with Crippen LogP contribution < -0.4 is 15.0 Å². The fourth-order valence-electron chi connectivity index (χ4n) is 3.60. The Kier molecular flexibility index (Phi) is 8.94. The average Bonchev–Trinajstić information content (AvgIpc) is 2.95. The third-order valence-corrected chi connectivity index (χ3v) is 6.32. The lowest BCUT2D eigenvalue weighted by atomic mass is 9.98. The van der Waals surface area contributed by atoms with Crippen LogP contribution in [0.3, 0.4) is 0 Å². The second kappa shape index (κ2) is 12.7. The van der Waals surface area contributed by atoms with Crippen molar-refractivity contribution >= 4 is 27.8 Å². The summed E-state index contributed by atoms with van der Waals surface area (Å²) in [5.41, 5.74) is 5.92. The number of hydrogen-bond acceptors (Lipinski definition) is 5. The van der Waals surface area contributed by atoms with Gasteiger partial charge in [-0.25, -0.2) is 4.79 Å². The molecule has 4 rings (SSSR count). The zero-order chi connectivity index (χ0) is 26.0. The second-order valence-corrected chi connectivity index (χ2v) is 8.97. The predicted molar refractivity (Wildman–Crippen MR) is 145 cm³/mol. The van der Waals surface area contributed by atoms with E-state index in [4.69, 9.17) is 14.3 Å². The molecule has 0 unspecified atom stereocenters. The minimum absolute atomic E-state index is 0.146. The highest BCUT2D eigenvalue weighted by molar-refractivity contribution is 9.10. The van der Waals surface area contributed by atoms with Crippen molar-refractivity contribution in [1.29, 1.82) is 0 Å². The second-order valence-electron chi connectivity index (χ2n) is 8.12. The van der Waals surface area contributed by atoms with Gasteiger partial charge in [-0.3, -0.25) is 4.79 Å². The van der Waals surface area contributed by atoms with Crippen LogP contribution in [-0.4, -0.2) is 11.9 Å². The number of hydroxylamine groups is 1. The Bertz CT molecular complexity index is 1360. The van der Waals surface area contributed by atoms with Gasteiger partial charge >= 0.3 is 5.97 Å². The fourth-order valence-corrected chi connectivity index (χ4v) is 4.00. The summed E-state index contributed by atoms with van der Waals surface area (Å²) in [6, 6.07) is 30.3. The van der Waals surface area contributed by atoms with Crippen molar-refractivity contribution in [2.75, 3.05) is 0 Å². The first-order chi connectivity index (χ1) is 18.0. The van der Waals surface area contributed by atoms with Crippen molar-refractivity contribution in [3.63, 3.8) is 0 Å². The molecule has 4 aromatic carbocycles. The number of carbonyl (C=O) groups is 2. The summed E-state index contributed by atoms with van der Waals surface area (Å²) < 4.78 is 13.0. The topological polar surface area (TPSA) is 73.9 Å². The third kappa shape index (κ3) is 6.98. The van der Waals surface area contributed by atoms with Gasteiger partial charge in [0.15, 0.2) is 0 Å². The molecule has 37 heavy (non-hydrogen) atoms. The zero-order valence-corrected chi connectivity index (χ0v) is 21.9. The molecule has 188 valence electrons. The van der Waals surface area contributed by atoms with Crippen LogP contribution in [0, 0.1) is 0 Å². The molecule has 7 heteroatoms. The van der Waals surface area contributed by atoms with E-state index in [0.29, 0.717) is 35.8 Å². The standard InChI is InChI=1S/C30H26BrNO5/c1-2-28(33)37-32-30(34)25-12-8-14-27(36-20-23-11-6-7-13-26(23)31)29(25)22-15-17-24(18-16-22)35-19-21-9-4-3-5-10-21/h3-18H,2,19-20H2,1H3,(H,32,34). The van der Waals surface area contributed by atoms with Crippen molar-refractivity contribution in [1.82, 2.24) is 5.48 Å². The van der Waals surface area contributed by atoms with Crippen LogP contribution in [-0.2, 0) is 22.8 Å². The van der Waals surface area contributed by atoms with E-state index in [1.54, 1.807) is 25.1 Å². The Labute approximate surface area is 224 Å². The molecule has 0 bridgehead atoms. The minimum Gasteiger partial charge on any atom is -0.489 e. The van der Waals surface area contributed by atoms with Crippen molar-refractivity contribution in [3.05, 3.63) is 118 Å². The molecule has 0 spiro atoms. The minimum atomic E-state index is -0.549. The van der Waals surface area contributed by atoms with Gasteiger partial charge in [0.1, 0.15) is 24.7 Å². The molecule has 0 saturated carbocycles. The van der Waals surface area contributed by atoms with Gasteiger partial charge in [-0.15, -0.1) is 0 Å². The van der Waals surface area contributed by atoms with Gasteiger partial charge in [-0.1, -0.05) is 89.6 Å². The Morgan fingerprint density at radius 2 is 1.51 bits per heavy atom. The molecule has 0 aliphatic heterocycles. The number of ether oxygens (including phenoxy) is 2. The highest BCUT2D eigenvalue weighted by Crippen LogP contribution is 2.35. The molecular weight excluding hydrogens is 534 g/mol. The molecule has 1 amide bonds. The Balaban J connectivity index is 1.61. The van der Waals surface area contributed by atoms with Crippen LogP contribution in [0.15, 0.2) is 102 Å². The number of carbonyl (C=O) groups excluding carboxylic acids is 2. The van der Waals surface area contributed by atoms with E-state index in [2.05, 4.69) is 21.4 Å². The number of benzene rings is 4. The van der Waals surface area contributed by atoms with Crippen LogP contribution in [0.2, 0.25) is 0 Å². The molecule has 0 radical (unpaired) electrons. The smallest absolute Gasteiger partial charge is 0.331 e. The quantitative estimate of drug-likeness (QED) is 0.226. The molecule has 0 aliphatic carbocycles. The number of rotatable bonds is 9. The first-order valence-corrected chi connectivity index (χ1v) is 12.6. The molecule has 0 aliphatic rings. The highest BCUT2D eigenvalue weighted by Gasteiger charge is 2.19. The normalized spacial score (nSPS) is 10.4. The largest absolute Gasteiger partial charge is 0.489 e. The molecule has 1 N–H and O–H groups in total. The number of hydrogen-bond donors (Lipinski definition) is 1. The fraction of sp³-hybridized carbons (Fsp3) is 0.133. The lowest BCUT2D eigenvalue weighted by Crippen LogP contribution is -2.27. The van der Waals surface area contributed by atoms with Crippen LogP contribution >= 0.6 is 15.9 Å². The molecule has 0 fully saturated rings. The molecule has 0 heterocycles. The van der Waals surface area contributed by atoms with Gasteiger partial charge in [-0.2, -0.15) is 5.48 Å². The van der Waals surface area contributed by atoms with E-state index in [-0.39, 0.29) is 6.42 Å². The lowest BCUT2D eigenvalue weighted by molar-refractivity contribution is -0.148. The van der Waals surface area contributed by atoms with Crippen LogP contribution in [0.5, 0.6) is 11.5 Å². The van der Waals surface area contributed by atoms with Gasteiger partial charge < -0.3 is 14.3 Å². The SMILES string of the molecule is CCC(=O)ONC(=O)c1cccc(OCc2ccccc2Br)c1-c1ccc(OCc2ccccc2)cc1. The van der Waals surface area contributed by atoms with Gasteiger partial charge in [0.05, 0.1) is 5.56 Å². The third-order valence-electron chi connectivity index (χ3n) is 5.55. The summed E-state index contributed by atoms with van der Waals surface area (Å²) in [5.74, 6) is 0.133. The first-order valence-electron chi connectivity index (χ1n) is 11.8. The molecule has 4 aromatic rings. The van der Waals surface area contributed by atoms with Crippen molar-refractivity contribution in [2.24, 2.45) is 0 Å². The number of halogens is 1. The van der Waals surface area contributed by atoms with E-state index in [9.17, 15) is 9.59 Å². The summed E-state index contributed by atoms with van der Waals surface area (Å²) in [5, 5.41) is 0. The summed E-state index contributed by atoms with van der Waals surface area (Å²) in [4.78, 5) is 29.4. The zero-order valence-electron chi connectivity index (χ0n) is 20.3. The van der Waals surface area contributed by atoms with Gasteiger partial charge in [0.2, 0.25) is 0 Å². The van der Waals surface area contributed by atoms with Gasteiger partial charge in [0, 0.05) is 22.0 Å². The van der Waals surface area contributed by atoms with Crippen molar-refractivity contribution in [3.8, 4) is 22.6 Å². The maximum Gasteiger partial charge on any atom is 0.331 e. The van der Waals surface area contributed by atoms with Gasteiger partial charge in [-0.05, 0) is 41.5 Å². The highest BCUT2D eigenvalue weighted by atomic mass is 79.9. The first kappa shape index (κ1) is 26.0. The predicted octanol–water partition coefficient (Wildman–Crippen LogP) is 6.87. The lowest BCUT2D eigenvalue weighted by Gasteiger charge is -2.17. The van der Waals surface area contributed by atoms with E-state index >= 15 is 0 Å². The maximum absolute atomic E-state index is 13.0.